The number of benzene rings is 1. The molecular formula is C12H18F2N2O. The maximum atomic E-state index is 13.5. The Bertz CT molecular complexity index is 347. The summed E-state index contributed by atoms with van der Waals surface area (Å²) in [5.74, 6) is 4.40. The van der Waals surface area contributed by atoms with Crippen molar-refractivity contribution < 1.29 is 13.5 Å². The topological polar surface area (TPSA) is 47.3 Å². The highest BCUT2D eigenvalue weighted by atomic mass is 19.1. The summed E-state index contributed by atoms with van der Waals surface area (Å²) in [5, 5.41) is 0. The summed E-state index contributed by atoms with van der Waals surface area (Å²) in [6.45, 7) is 3.12. The van der Waals surface area contributed by atoms with E-state index in [0.29, 0.717) is 19.6 Å². The first-order chi connectivity index (χ1) is 8.19. The monoisotopic (exact) mass is 244 g/mol. The predicted octanol–water partition coefficient (Wildman–Crippen LogP) is 2.29. The molecule has 0 radical (unpaired) electrons. The van der Waals surface area contributed by atoms with E-state index in [2.05, 4.69) is 5.43 Å². The fraction of sp³-hybridized carbons (Fsp3) is 0.500. The Balaban J connectivity index is 2.62. The Hall–Kier alpha value is -1.04. The van der Waals surface area contributed by atoms with Crippen LogP contribution in [0.5, 0.6) is 0 Å². The van der Waals surface area contributed by atoms with Crippen LogP contribution in [-0.4, -0.2) is 13.2 Å². The first kappa shape index (κ1) is 14.0. The zero-order valence-electron chi connectivity index (χ0n) is 9.88. The van der Waals surface area contributed by atoms with Crippen molar-refractivity contribution in [2.75, 3.05) is 13.2 Å². The molecule has 1 aromatic carbocycles. The van der Waals surface area contributed by atoms with E-state index in [1.165, 1.54) is 0 Å². The molecule has 1 unspecified atom stereocenters. The van der Waals surface area contributed by atoms with Crippen LogP contribution in [0.25, 0.3) is 0 Å². The van der Waals surface area contributed by atoms with Gasteiger partial charge in [-0.05, 0) is 31.0 Å². The first-order valence-corrected chi connectivity index (χ1v) is 5.67. The third kappa shape index (κ3) is 4.38. The largest absolute Gasteiger partial charge is 0.381 e. The van der Waals surface area contributed by atoms with Gasteiger partial charge in [0, 0.05) is 18.8 Å². The number of hydrogen-bond donors (Lipinski definition) is 2. The van der Waals surface area contributed by atoms with E-state index < -0.39 is 17.7 Å². The highest BCUT2D eigenvalue weighted by Crippen LogP contribution is 2.20. The van der Waals surface area contributed by atoms with Gasteiger partial charge in [0.25, 0.3) is 0 Å². The molecular weight excluding hydrogens is 226 g/mol. The molecule has 0 bridgehead atoms. The fourth-order valence-corrected chi connectivity index (χ4v) is 1.56. The van der Waals surface area contributed by atoms with E-state index in [1.54, 1.807) is 0 Å². The Labute approximate surface area is 99.9 Å². The number of nitrogens with one attached hydrogen (secondary N) is 1. The van der Waals surface area contributed by atoms with Gasteiger partial charge in [-0.15, -0.1) is 0 Å². The van der Waals surface area contributed by atoms with Crippen LogP contribution in [0, 0.1) is 11.6 Å². The molecule has 17 heavy (non-hydrogen) atoms. The van der Waals surface area contributed by atoms with Crippen LogP contribution in [0.15, 0.2) is 18.2 Å². The number of nitrogens with two attached hydrogens (primary N) is 1. The minimum Gasteiger partial charge on any atom is -0.381 e. The van der Waals surface area contributed by atoms with Crippen LogP contribution in [0.3, 0.4) is 0 Å². The standard InChI is InChI=1S/C12H18F2N2O/c1-2-6-17-7-5-12(16-15)10-8-9(13)3-4-11(10)14/h3-4,8,12,16H,2,5-7,15H2,1H3. The summed E-state index contributed by atoms with van der Waals surface area (Å²) in [6, 6.07) is 2.89. The fourth-order valence-electron chi connectivity index (χ4n) is 1.56. The molecule has 0 saturated carbocycles. The highest BCUT2D eigenvalue weighted by Gasteiger charge is 2.15. The van der Waals surface area contributed by atoms with Gasteiger partial charge in [-0.2, -0.15) is 0 Å². The van der Waals surface area contributed by atoms with E-state index in [1.807, 2.05) is 6.92 Å². The average Bonchev–Trinajstić information content (AvgIpc) is 2.33. The molecule has 0 aliphatic carbocycles. The van der Waals surface area contributed by atoms with Crippen LogP contribution in [0.1, 0.15) is 31.4 Å². The van der Waals surface area contributed by atoms with Gasteiger partial charge in [-0.25, -0.2) is 8.78 Å². The van der Waals surface area contributed by atoms with E-state index >= 15 is 0 Å². The number of ether oxygens (including phenoxy) is 1. The lowest BCUT2D eigenvalue weighted by Crippen LogP contribution is -2.29. The quantitative estimate of drug-likeness (QED) is 0.439. The maximum absolute atomic E-state index is 13.5. The number of halogens is 2. The van der Waals surface area contributed by atoms with Crippen LogP contribution >= 0.6 is 0 Å². The molecule has 0 amide bonds. The van der Waals surface area contributed by atoms with Crippen molar-refractivity contribution in [3.05, 3.63) is 35.4 Å². The van der Waals surface area contributed by atoms with Crippen molar-refractivity contribution >= 4 is 0 Å². The van der Waals surface area contributed by atoms with Gasteiger partial charge in [0.2, 0.25) is 0 Å². The van der Waals surface area contributed by atoms with E-state index in [9.17, 15) is 8.78 Å². The zero-order valence-corrected chi connectivity index (χ0v) is 9.88. The second kappa shape index (κ2) is 7.32. The van der Waals surface area contributed by atoms with Crippen molar-refractivity contribution in [3.8, 4) is 0 Å². The van der Waals surface area contributed by atoms with E-state index in [0.717, 1.165) is 24.6 Å². The van der Waals surface area contributed by atoms with Crippen molar-refractivity contribution in [1.29, 1.82) is 0 Å². The van der Waals surface area contributed by atoms with Gasteiger partial charge in [-0.1, -0.05) is 6.92 Å². The molecule has 1 aromatic rings. The number of hydrazine groups is 1. The minimum absolute atomic E-state index is 0.229. The van der Waals surface area contributed by atoms with Crippen LogP contribution in [0.4, 0.5) is 8.78 Å². The zero-order chi connectivity index (χ0) is 12.7. The van der Waals surface area contributed by atoms with E-state index in [-0.39, 0.29) is 5.56 Å². The molecule has 1 atom stereocenters. The molecule has 96 valence electrons. The second-order valence-corrected chi connectivity index (χ2v) is 3.79. The molecule has 5 heteroatoms. The summed E-state index contributed by atoms with van der Waals surface area (Å²) in [6.07, 6.45) is 1.42. The minimum atomic E-state index is -0.476. The van der Waals surface area contributed by atoms with Gasteiger partial charge in [0.1, 0.15) is 11.6 Å². The molecule has 0 spiro atoms. The molecule has 0 heterocycles. The second-order valence-electron chi connectivity index (χ2n) is 3.79. The van der Waals surface area contributed by atoms with Crippen molar-refractivity contribution in [1.82, 2.24) is 5.43 Å². The third-order valence-corrected chi connectivity index (χ3v) is 2.43. The average molecular weight is 244 g/mol. The lowest BCUT2D eigenvalue weighted by Gasteiger charge is -2.17. The van der Waals surface area contributed by atoms with Crippen molar-refractivity contribution in [3.63, 3.8) is 0 Å². The van der Waals surface area contributed by atoms with Crippen molar-refractivity contribution in [2.24, 2.45) is 5.84 Å². The molecule has 0 aliphatic rings. The Kier molecular flexibility index (Phi) is 6.04. The van der Waals surface area contributed by atoms with E-state index in [4.69, 9.17) is 10.6 Å². The van der Waals surface area contributed by atoms with Gasteiger partial charge < -0.3 is 4.74 Å². The summed E-state index contributed by atoms with van der Waals surface area (Å²) in [4.78, 5) is 0. The Morgan fingerprint density at radius 3 is 2.76 bits per heavy atom. The lowest BCUT2D eigenvalue weighted by atomic mass is 10.0. The molecule has 0 saturated heterocycles. The first-order valence-electron chi connectivity index (χ1n) is 5.67. The summed E-state index contributed by atoms with van der Waals surface area (Å²) in [5.41, 5.74) is 2.71. The van der Waals surface area contributed by atoms with Crippen LogP contribution in [-0.2, 0) is 4.74 Å². The maximum Gasteiger partial charge on any atom is 0.128 e. The lowest BCUT2D eigenvalue weighted by molar-refractivity contribution is 0.124. The molecule has 0 aliphatic heterocycles. The Morgan fingerprint density at radius 2 is 2.12 bits per heavy atom. The van der Waals surface area contributed by atoms with Crippen LogP contribution in [0.2, 0.25) is 0 Å². The summed E-state index contributed by atoms with van der Waals surface area (Å²) in [7, 11) is 0. The van der Waals surface area contributed by atoms with Crippen LogP contribution < -0.4 is 11.3 Å². The normalized spacial score (nSPS) is 12.7. The molecule has 3 N–H and O–H groups in total. The number of rotatable bonds is 7. The SMILES string of the molecule is CCCOCCC(NN)c1cc(F)ccc1F. The smallest absolute Gasteiger partial charge is 0.128 e. The molecule has 1 rings (SSSR count). The molecule has 0 aromatic heterocycles. The Morgan fingerprint density at radius 1 is 1.35 bits per heavy atom. The van der Waals surface area contributed by atoms with Gasteiger partial charge in [0.15, 0.2) is 0 Å². The highest BCUT2D eigenvalue weighted by molar-refractivity contribution is 5.22. The molecule has 0 fully saturated rings. The summed E-state index contributed by atoms with van der Waals surface area (Å²) >= 11 is 0. The predicted molar refractivity (Wildman–Crippen MR) is 62.1 cm³/mol. The van der Waals surface area contributed by atoms with Gasteiger partial charge in [0.05, 0.1) is 6.04 Å². The van der Waals surface area contributed by atoms with Gasteiger partial charge in [-0.3, -0.25) is 11.3 Å². The van der Waals surface area contributed by atoms with Gasteiger partial charge >= 0.3 is 0 Å². The van der Waals surface area contributed by atoms with Crippen molar-refractivity contribution in [2.45, 2.75) is 25.8 Å². The number of hydrogen-bond acceptors (Lipinski definition) is 3. The summed E-state index contributed by atoms with van der Waals surface area (Å²) < 4.78 is 31.8. The third-order valence-electron chi connectivity index (χ3n) is 2.43. The molecule has 3 nitrogen and oxygen atoms in total.